The minimum absolute atomic E-state index is 0.320. The predicted molar refractivity (Wildman–Crippen MR) is 63.0 cm³/mol. The second-order valence-electron chi connectivity index (χ2n) is 3.68. The molecule has 1 N–H and O–H groups in total. The fourth-order valence-electron chi connectivity index (χ4n) is 1.61. The molecule has 0 aromatic carbocycles. The minimum atomic E-state index is 0.320. The highest BCUT2D eigenvalue weighted by Gasteiger charge is 2.12. The van der Waals surface area contributed by atoms with Crippen LogP contribution in [0.2, 0.25) is 0 Å². The van der Waals surface area contributed by atoms with E-state index in [4.69, 9.17) is 4.42 Å². The number of hydrogen-bond acceptors (Lipinski definition) is 3. The third-order valence-electron chi connectivity index (χ3n) is 2.51. The van der Waals surface area contributed by atoms with E-state index in [1.54, 1.807) is 23.9 Å². The van der Waals surface area contributed by atoms with Crippen molar-refractivity contribution in [2.45, 2.75) is 25.9 Å². The number of nitrogens with one attached hydrogen (secondary N) is 1. The molecule has 0 aliphatic rings. The van der Waals surface area contributed by atoms with Gasteiger partial charge < -0.3 is 9.73 Å². The van der Waals surface area contributed by atoms with Gasteiger partial charge in [0.1, 0.15) is 0 Å². The summed E-state index contributed by atoms with van der Waals surface area (Å²) in [5, 5.41) is 5.64. The van der Waals surface area contributed by atoms with Gasteiger partial charge in [-0.1, -0.05) is 6.07 Å². The van der Waals surface area contributed by atoms with Crippen molar-refractivity contribution in [1.29, 1.82) is 0 Å². The van der Waals surface area contributed by atoms with E-state index in [1.165, 1.54) is 10.4 Å². The molecule has 2 aromatic rings. The molecule has 2 aromatic heterocycles. The molecule has 0 aliphatic carbocycles. The molecule has 2 atom stereocenters. The van der Waals surface area contributed by atoms with Gasteiger partial charge in [-0.05, 0) is 31.4 Å². The summed E-state index contributed by atoms with van der Waals surface area (Å²) in [4.78, 5) is 1.37. The van der Waals surface area contributed by atoms with Crippen molar-refractivity contribution in [1.82, 2.24) is 5.32 Å². The van der Waals surface area contributed by atoms with Crippen LogP contribution >= 0.6 is 11.3 Å². The van der Waals surface area contributed by atoms with E-state index < -0.39 is 0 Å². The molecule has 0 saturated heterocycles. The second kappa shape index (κ2) is 4.64. The summed E-state index contributed by atoms with van der Waals surface area (Å²) in [7, 11) is 0. The number of rotatable bonds is 4. The first-order valence-electron chi connectivity index (χ1n) is 5.09. The van der Waals surface area contributed by atoms with Crippen LogP contribution in [0.5, 0.6) is 0 Å². The molecule has 3 heteroatoms. The molecular formula is C12H15NOS. The Morgan fingerprint density at radius 3 is 2.73 bits per heavy atom. The van der Waals surface area contributed by atoms with Crippen molar-refractivity contribution >= 4 is 11.3 Å². The molecule has 2 nitrogen and oxygen atoms in total. The average molecular weight is 221 g/mol. The highest BCUT2D eigenvalue weighted by Crippen LogP contribution is 2.22. The van der Waals surface area contributed by atoms with Crippen LogP contribution in [-0.2, 0) is 0 Å². The molecule has 2 unspecified atom stereocenters. The van der Waals surface area contributed by atoms with E-state index >= 15 is 0 Å². The van der Waals surface area contributed by atoms with Crippen LogP contribution in [-0.4, -0.2) is 0 Å². The smallest absolute Gasteiger partial charge is 0.0950 e. The van der Waals surface area contributed by atoms with Gasteiger partial charge in [0.15, 0.2) is 0 Å². The predicted octanol–water partition coefficient (Wildman–Crippen LogP) is 3.75. The van der Waals surface area contributed by atoms with E-state index in [-0.39, 0.29) is 0 Å². The van der Waals surface area contributed by atoms with Crippen LogP contribution in [0.1, 0.15) is 36.4 Å². The van der Waals surface area contributed by atoms with Gasteiger partial charge in [-0.15, -0.1) is 11.3 Å². The molecule has 0 amide bonds. The Kier molecular flexibility index (Phi) is 3.23. The Morgan fingerprint density at radius 2 is 2.13 bits per heavy atom. The molecule has 2 heterocycles. The van der Waals surface area contributed by atoms with Crippen LogP contribution in [0, 0.1) is 0 Å². The first kappa shape index (κ1) is 10.5. The van der Waals surface area contributed by atoms with Crippen LogP contribution in [0.3, 0.4) is 0 Å². The Balaban J connectivity index is 1.98. The molecule has 0 saturated carbocycles. The molecule has 0 spiro atoms. The second-order valence-corrected chi connectivity index (χ2v) is 4.66. The quantitative estimate of drug-likeness (QED) is 0.850. The van der Waals surface area contributed by atoms with Crippen molar-refractivity contribution in [3.8, 4) is 0 Å². The lowest BCUT2D eigenvalue weighted by atomic mass is 10.1. The summed E-state index contributed by atoms with van der Waals surface area (Å²) in [6, 6.07) is 6.94. The molecular weight excluding hydrogens is 206 g/mol. The zero-order valence-electron chi connectivity index (χ0n) is 8.94. The first-order valence-corrected chi connectivity index (χ1v) is 5.97. The fraction of sp³-hybridized carbons (Fsp3) is 0.333. The maximum atomic E-state index is 5.07. The van der Waals surface area contributed by atoms with Crippen molar-refractivity contribution in [2.75, 3.05) is 0 Å². The maximum absolute atomic E-state index is 5.07. The van der Waals surface area contributed by atoms with Gasteiger partial charge in [-0.25, -0.2) is 0 Å². The van der Waals surface area contributed by atoms with Crippen molar-refractivity contribution in [3.05, 3.63) is 46.5 Å². The summed E-state index contributed by atoms with van der Waals surface area (Å²) < 4.78 is 5.07. The van der Waals surface area contributed by atoms with Crippen molar-refractivity contribution < 1.29 is 4.42 Å². The van der Waals surface area contributed by atoms with E-state index in [0.29, 0.717) is 12.1 Å². The van der Waals surface area contributed by atoms with E-state index in [1.807, 2.05) is 6.07 Å². The van der Waals surface area contributed by atoms with Crippen LogP contribution in [0.4, 0.5) is 0 Å². The lowest BCUT2D eigenvalue weighted by Gasteiger charge is -2.17. The van der Waals surface area contributed by atoms with Gasteiger partial charge in [0.25, 0.3) is 0 Å². The Bertz CT molecular complexity index is 341. The van der Waals surface area contributed by atoms with Gasteiger partial charge >= 0.3 is 0 Å². The topological polar surface area (TPSA) is 25.2 Å². The van der Waals surface area contributed by atoms with Crippen molar-refractivity contribution in [2.24, 2.45) is 0 Å². The SMILES string of the molecule is CC(NC(C)c1cccs1)c1ccoc1. The molecule has 2 rings (SSSR count). The highest BCUT2D eigenvalue weighted by molar-refractivity contribution is 7.10. The average Bonchev–Trinajstić information content (AvgIpc) is 2.91. The zero-order chi connectivity index (χ0) is 10.7. The summed E-state index contributed by atoms with van der Waals surface area (Å²) in [5.74, 6) is 0. The van der Waals surface area contributed by atoms with Crippen LogP contribution < -0.4 is 5.32 Å². The standard InChI is InChI=1S/C12H15NOS/c1-9(11-5-6-14-8-11)13-10(2)12-4-3-7-15-12/h3-10,13H,1-2H3. The Morgan fingerprint density at radius 1 is 1.27 bits per heavy atom. The Hall–Kier alpha value is -1.06. The van der Waals surface area contributed by atoms with Gasteiger partial charge in [0, 0.05) is 22.5 Å². The lowest BCUT2D eigenvalue weighted by molar-refractivity contribution is 0.491. The summed E-state index contributed by atoms with van der Waals surface area (Å²) in [5.41, 5.74) is 1.19. The highest BCUT2D eigenvalue weighted by atomic mass is 32.1. The number of hydrogen-bond donors (Lipinski definition) is 1. The molecule has 0 radical (unpaired) electrons. The monoisotopic (exact) mass is 221 g/mol. The molecule has 0 fully saturated rings. The third-order valence-corrected chi connectivity index (χ3v) is 3.57. The minimum Gasteiger partial charge on any atom is -0.472 e. The van der Waals surface area contributed by atoms with Crippen molar-refractivity contribution in [3.63, 3.8) is 0 Å². The lowest BCUT2D eigenvalue weighted by Crippen LogP contribution is -2.21. The molecule has 15 heavy (non-hydrogen) atoms. The van der Waals surface area contributed by atoms with Gasteiger partial charge in [-0.3, -0.25) is 0 Å². The van der Waals surface area contributed by atoms with Crippen LogP contribution in [0.15, 0.2) is 40.5 Å². The number of furan rings is 1. The first-order chi connectivity index (χ1) is 7.27. The summed E-state index contributed by atoms with van der Waals surface area (Å²) >= 11 is 1.78. The third kappa shape index (κ3) is 2.49. The normalized spacial score (nSPS) is 15.1. The van der Waals surface area contributed by atoms with Gasteiger partial charge in [0.05, 0.1) is 12.5 Å². The van der Waals surface area contributed by atoms with Gasteiger partial charge in [0.2, 0.25) is 0 Å². The molecule has 0 bridgehead atoms. The largest absolute Gasteiger partial charge is 0.472 e. The maximum Gasteiger partial charge on any atom is 0.0950 e. The van der Waals surface area contributed by atoms with E-state index in [2.05, 4.69) is 36.7 Å². The van der Waals surface area contributed by atoms with E-state index in [9.17, 15) is 0 Å². The zero-order valence-corrected chi connectivity index (χ0v) is 9.75. The Labute approximate surface area is 93.9 Å². The summed E-state index contributed by atoms with van der Waals surface area (Å²) in [6.45, 7) is 4.33. The molecule has 80 valence electrons. The summed E-state index contributed by atoms with van der Waals surface area (Å²) in [6.07, 6.45) is 3.50. The van der Waals surface area contributed by atoms with Crippen LogP contribution in [0.25, 0.3) is 0 Å². The molecule has 0 aliphatic heterocycles. The number of thiophene rings is 1. The van der Waals surface area contributed by atoms with E-state index in [0.717, 1.165) is 0 Å². The van der Waals surface area contributed by atoms with Gasteiger partial charge in [-0.2, -0.15) is 0 Å². The fourth-order valence-corrected chi connectivity index (χ4v) is 2.36.